The van der Waals surface area contributed by atoms with E-state index >= 15 is 0 Å². The van der Waals surface area contributed by atoms with Gasteiger partial charge in [0.05, 0.1) is 39.5 Å². The lowest BCUT2D eigenvalue weighted by Gasteiger charge is -2.33. The molecule has 1 aromatic carbocycles. The molecule has 0 radical (unpaired) electrons. The van der Waals surface area contributed by atoms with E-state index in [1.54, 1.807) is 7.11 Å². The second-order valence-corrected chi connectivity index (χ2v) is 4.97. The Kier molecular flexibility index (Phi) is 5.98. The number of nitrogens with zero attached hydrogens (tertiary/aromatic N) is 1. The summed E-state index contributed by atoms with van der Waals surface area (Å²) in [7, 11) is 1.61. The molecule has 0 bridgehead atoms. The quantitative estimate of drug-likeness (QED) is 0.773. The van der Waals surface area contributed by atoms with Crippen molar-refractivity contribution in [2.24, 2.45) is 0 Å². The van der Waals surface area contributed by atoms with Gasteiger partial charge in [-0.3, -0.25) is 9.69 Å². The van der Waals surface area contributed by atoms with Crippen LogP contribution in [0, 0.1) is 0 Å². The summed E-state index contributed by atoms with van der Waals surface area (Å²) in [6, 6.07) is 7.49. The number of benzene rings is 1. The molecule has 6 heteroatoms. The molecular weight excluding hydrogens is 272 g/mol. The van der Waals surface area contributed by atoms with Gasteiger partial charge in [0.25, 0.3) is 0 Å². The molecule has 2 rings (SSSR count). The lowest BCUT2D eigenvalue weighted by atomic mass is 10.2. The average Bonchev–Trinajstić information content (AvgIpc) is 2.53. The number of carbonyl (C=O) groups is 1. The van der Waals surface area contributed by atoms with Crippen LogP contribution >= 0.6 is 0 Å². The van der Waals surface area contributed by atoms with Crippen LogP contribution < -0.4 is 10.1 Å². The van der Waals surface area contributed by atoms with E-state index in [1.807, 2.05) is 29.2 Å². The Bertz CT molecular complexity index is 467. The van der Waals surface area contributed by atoms with Crippen molar-refractivity contribution < 1.29 is 19.4 Å². The fourth-order valence-corrected chi connectivity index (χ4v) is 2.35. The Hall–Kier alpha value is -1.63. The molecular formula is C15H22N2O4. The van der Waals surface area contributed by atoms with Gasteiger partial charge in [-0.2, -0.15) is 0 Å². The first-order valence-corrected chi connectivity index (χ1v) is 7.06. The van der Waals surface area contributed by atoms with Crippen molar-refractivity contribution in [1.82, 2.24) is 10.2 Å². The number of methoxy groups -OCH3 is 1. The number of nitrogens with one attached hydrogen (secondary N) is 1. The standard InChI is InChI=1S/C15H22N2O4/c1-20-14-5-3-2-4-12(14)8-16-15(19)9-17-6-7-21-11-13(17)10-18/h2-5,13,18H,6-11H2,1H3,(H,16,19). The van der Waals surface area contributed by atoms with E-state index in [-0.39, 0.29) is 25.1 Å². The summed E-state index contributed by atoms with van der Waals surface area (Å²) < 4.78 is 10.5. The van der Waals surface area contributed by atoms with E-state index < -0.39 is 0 Å². The summed E-state index contributed by atoms with van der Waals surface area (Å²) in [5.74, 6) is 0.693. The molecule has 1 heterocycles. The first-order valence-electron chi connectivity index (χ1n) is 7.06. The summed E-state index contributed by atoms with van der Waals surface area (Å²) >= 11 is 0. The molecule has 0 saturated carbocycles. The number of carbonyl (C=O) groups excluding carboxylic acids is 1. The second kappa shape index (κ2) is 7.97. The van der Waals surface area contributed by atoms with Crippen LogP contribution in [0.25, 0.3) is 0 Å². The minimum absolute atomic E-state index is 0.000210. The monoisotopic (exact) mass is 294 g/mol. The molecule has 1 fully saturated rings. The molecule has 0 aromatic heterocycles. The maximum Gasteiger partial charge on any atom is 0.234 e. The van der Waals surface area contributed by atoms with E-state index in [9.17, 15) is 9.90 Å². The molecule has 1 aliphatic rings. The highest BCUT2D eigenvalue weighted by Gasteiger charge is 2.24. The number of amides is 1. The topological polar surface area (TPSA) is 71.0 Å². The Labute approximate surface area is 124 Å². The molecule has 1 aromatic rings. The summed E-state index contributed by atoms with van der Waals surface area (Å²) in [6.07, 6.45) is 0. The largest absolute Gasteiger partial charge is 0.496 e. The van der Waals surface area contributed by atoms with Crippen molar-refractivity contribution in [2.75, 3.05) is 40.0 Å². The predicted octanol–water partition coefficient (Wildman–Crippen LogP) is 0.00450. The van der Waals surface area contributed by atoms with Crippen molar-refractivity contribution in [3.8, 4) is 5.75 Å². The van der Waals surface area contributed by atoms with Gasteiger partial charge in [0.2, 0.25) is 5.91 Å². The van der Waals surface area contributed by atoms with E-state index in [0.717, 1.165) is 11.3 Å². The molecule has 0 aliphatic carbocycles. The van der Waals surface area contributed by atoms with Gasteiger partial charge in [0.1, 0.15) is 5.75 Å². The summed E-state index contributed by atoms with van der Waals surface area (Å²) in [6.45, 7) is 2.42. The van der Waals surface area contributed by atoms with Crippen molar-refractivity contribution in [3.05, 3.63) is 29.8 Å². The smallest absolute Gasteiger partial charge is 0.234 e. The third-order valence-corrected chi connectivity index (χ3v) is 3.58. The lowest BCUT2D eigenvalue weighted by molar-refractivity contribution is -0.125. The highest BCUT2D eigenvalue weighted by atomic mass is 16.5. The molecule has 2 N–H and O–H groups in total. The van der Waals surface area contributed by atoms with E-state index in [2.05, 4.69) is 5.32 Å². The lowest BCUT2D eigenvalue weighted by Crippen LogP contribution is -2.51. The number of hydrogen-bond donors (Lipinski definition) is 2. The van der Waals surface area contributed by atoms with Crippen LogP contribution in [-0.2, 0) is 16.1 Å². The van der Waals surface area contributed by atoms with Crippen molar-refractivity contribution in [1.29, 1.82) is 0 Å². The Morgan fingerprint density at radius 2 is 2.33 bits per heavy atom. The van der Waals surface area contributed by atoms with E-state index in [1.165, 1.54) is 0 Å². The Morgan fingerprint density at radius 3 is 3.10 bits per heavy atom. The first-order chi connectivity index (χ1) is 10.2. The molecule has 6 nitrogen and oxygen atoms in total. The number of aliphatic hydroxyl groups is 1. The van der Waals surface area contributed by atoms with Gasteiger partial charge in [0, 0.05) is 18.7 Å². The SMILES string of the molecule is COc1ccccc1CNC(=O)CN1CCOCC1CO. The van der Waals surface area contributed by atoms with Gasteiger partial charge in [-0.1, -0.05) is 18.2 Å². The van der Waals surface area contributed by atoms with Crippen molar-refractivity contribution in [2.45, 2.75) is 12.6 Å². The number of morpholine rings is 1. The third kappa shape index (κ3) is 4.42. The molecule has 0 spiro atoms. The Morgan fingerprint density at radius 1 is 1.52 bits per heavy atom. The number of aliphatic hydroxyl groups excluding tert-OH is 1. The van der Waals surface area contributed by atoms with E-state index in [0.29, 0.717) is 26.3 Å². The van der Waals surface area contributed by atoms with Gasteiger partial charge >= 0.3 is 0 Å². The highest BCUT2D eigenvalue weighted by Crippen LogP contribution is 2.16. The molecule has 21 heavy (non-hydrogen) atoms. The number of ether oxygens (including phenoxy) is 2. The highest BCUT2D eigenvalue weighted by molar-refractivity contribution is 5.78. The first kappa shape index (κ1) is 15.8. The molecule has 1 unspecified atom stereocenters. The summed E-state index contributed by atoms with van der Waals surface area (Å²) in [5, 5.41) is 12.2. The number of rotatable bonds is 6. The van der Waals surface area contributed by atoms with Crippen LogP contribution in [0.1, 0.15) is 5.56 Å². The molecule has 1 amide bonds. The van der Waals surface area contributed by atoms with Gasteiger partial charge < -0.3 is 19.9 Å². The maximum absolute atomic E-state index is 12.0. The minimum Gasteiger partial charge on any atom is -0.496 e. The fourth-order valence-electron chi connectivity index (χ4n) is 2.35. The van der Waals surface area contributed by atoms with Crippen molar-refractivity contribution in [3.63, 3.8) is 0 Å². The number of para-hydroxylation sites is 1. The molecule has 116 valence electrons. The van der Waals surface area contributed by atoms with Crippen LogP contribution in [0.5, 0.6) is 5.75 Å². The second-order valence-electron chi connectivity index (χ2n) is 4.97. The molecule has 1 atom stereocenters. The zero-order valence-electron chi connectivity index (χ0n) is 12.2. The van der Waals surface area contributed by atoms with Crippen molar-refractivity contribution >= 4 is 5.91 Å². The Balaban J connectivity index is 1.84. The number of hydrogen-bond acceptors (Lipinski definition) is 5. The zero-order chi connectivity index (χ0) is 15.1. The minimum atomic E-state index is -0.101. The van der Waals surface area contributed by atoms with Crippen LogP contribution in [0.3, 0.4) is 0 Å². The predicted molar refractivity (Wildman–Crippen MR) is 78.1 cm³/mol. The normalized spacial score (nSPS) is 19.2. The van der Waals surface area contributed by atoms with E-state index in [4.69, 9.17) is 9.47 Å². The summed E-state index contributed by atoms with van der Waals surface area (Å²) in [5.41, 5.74) is 0.939. The molecule has 1 saturated heterocycles. The molecule has 1 aliphatic heterocycles. The van der Waals surface area contributed by atoms with Gasteiger partial charge in [-0.05, 0) is 6.07 Å². The summed E-state index contributed by atoms with van der Waals surface area (Å²) in [4.78, 5) is 14.0. The third-order valence-electron chi connectivity index (χ3n) is 3.58. The van der Waals surface area contributed by atoms with Gasteiger partial charge in [-0.25, -0.2) is 0 Å². The zero-order valence-corrected chi connectivity index (χ0v) is 12.2. The van der Waals surface area contributed by atoms with Gasteiger partial charge in [-0.15, -0.1) is 0 Å². The average molecular weight is 294 g/mol. The van der Waals surface area contributed by atoms with Crippen LogP contribution in [0.4, 0.5) is 0 Å². The van der Waals surface area contributed by atoms with Gasteiger partial charge in [0.15, 0.2) is 0 Å². The fraction of sp³-hybridized carbons (Fsp3) is 0.533. The van der Waals surface area contributed by atoms with Crippen LogP contribution in [0.15, 0.2) is 24.3 Å². The maximum atomic E-state index is 12.0. The van der Waals surface area contributed by atoms with Crippen LogP contribution in [-0.4, -0.2) is 62.0 Å². The van der Waals surface area contributed by atoms with Crippen LogP contribution in [0.2, 0.25) is 0 Å².